The molecule has 1 N–H and O–H groups in total. The smallest absolute Gasteiger partial charge is 0.257 e. The van der Waals surface area contributed by atoms with E-state index in [2.05, 4.69) is 22.6 Å². The summed E-state index contributed by atoms with van der Waals surface area (Å²) in [5.41, 5.74) is 5.13. The highest BCUT2D eigenvalue weighted by atomic mass is 16.5. The Morgan fingerprint density at radius 1 is 1.06 bits per heavy atom. The number of nitrogens with zero attached hydrogens (tertiary/aromatic N) is 3. The van der Waals surface area contributed by atoms with Crippen LogP contribution in [0.5, 0.6) is 0 Å². The number of nitrogens with one attached hydrogen (secondary N) is 1. The van der Waals surface area contributed by atoms with Crippen LogP contribution in [0.4, 0.5) is 0 Å². The Hall–Kier alpha value is -3.67. The lowest BCUT2D eigenvalue weighted by atomic mass is 10.0. The fourth-order valence-corrected chi connectivity index (χ4v) is 3.60. The number of aryl methyl sites for hydroxylation is 1. The van der Waals surface area contributed by atoms with Gasteiger partial charge in [0.25, 0.3) is 5.91 Å². The van der Waals surface area contributed by atoms with E-state index in [1.807, 2.05) is 73.3 Å². The van der Waals surface area contributed by atoms with E-state index in [9.17, 15) is 4.79 Å². The highest BCUT2D eigenvalue weighted by Crippen LogP contribution is 2.24. The van der Waals surface area contributed by atoms with Gasteiger partial charge < -0.3 is 9.84 Å². The first-order valence-corrected chi connectivity index (χ1v) is 10.4. The van der Waals surface area contributed by atoms with Crippen LogP contribution in [0.15, 0.2) is 71.4 Å². The molecule has 0 bridgehead atoms. The lowest BCUT2D eigenvalue weighted by Gasteiger charge is -2.07. The molecule has 2 aromatic heterocycles. The van der Waals surface area contributed by atoms with E-state index in [0.29, 0.717) is 30.1 Å². The number of carbonyl (C=O) groups excluding carboxylic acids is 1. The van der Waals surface area contributed by atoms with E-state index in [4.69, 9.17) is 9.62 Å². The average molecular weight is 415 g/mol. The van der Waals surface area contributed by atoms with Crippen LogP contribution in [0, 0.1) is 6.92 Å². The van der Waals surface area contributed by atoms with Crippen molar-refractivity contribution in [1.82, 2.24) is 20.3 Å². The number of amides is 1. The van der Waals surface area contributed by atoms with E-state index in [0.717, 1.165) is 16.8 Å². The minimum atomic E-state index is -0.183. The average Bonchev–Trinajstić information content (AvgIpc) is 3.37. The van der Waals surface area contributed by atoms with Crippen LogP contribution in [0.1, 0.15) is 52.7 Å². The second-order valence-corrected chi connectivity index (χ2v) is 7.90. The monoisotopic (exact) mass is 414 g/mol. The normalized spacial score (nSPS) is 11.1. The van der Waals surface area contributed by atoms with Gasteiger partial charge >= 0.3 is 0 Å². The lowest BCUT2D eigenvalue weighted by Crippen LogP contribution is -2.24. The van der Waals surface area contributed by atoms with Crippen LogP contribution >= 0.6 is 0 Å². The number of hydrogen-bond donors (Lipinski definition) is 1. The van der Waals surface area contributed by atoms with Crippen LogP contribution in [0.25, 0.3) is 11.3 Å². The molecule has 2 aromatic carbocycles. The number of rotatable bonds is 7. The summed E-state index contributed by atoms with van der Waals surface area (Å²) in [7, 11) is 0. The third-order valence-electron chi connectivity index (χ3n) is 5.15. The molecule has 0 atom stereocenters. The standard InChI is InChI=1S/C25H26N4O2/c1-17(2)24-22(18(3)28-31-24)25(30)26-14-21-16-29(15-19-10-6-4-7-11-19)27-23(21)20-12-8-5-9-13-20/h4-13,16-17H,14-15H2,1-3H3,(H,26,30). The third-order valence-corrected chi connectivity index (χ3v) is 5.15. The van der Waals surface area contributed by atoms with Crippen molar-refractivity contribution in [2.45, 2.75) is 39.8 Å². The van der Waals surface area contributed by atoms with E-state index >= 15 is 0 Å². The molecule has 0 fully saturated rings. The summed E-state index contributed by atoms with van der Waals surface area (Å²) in [5.74, 6) is 0.505. The zero-order valence-corrected chi connectivity index (χ0v) is 18.0. The van der Waals surface area contributed by atoms with E-state index in [1.165, 1.54) is 5.56 Å². The van der Waals surface area contributed by atoms with Crippen molar-refractivity contribution < 1.29 is 9.32 Å². The Labute approximate surface area is 181 Å². The fraction of sp³-hybridized carbons (Fsp3) is 0.240. The Bertz CT molecular complexity index is 1160. The predicted octanol–water partition coefficient (Wildman–Crippen LogP) is 4.95. The molecule has 0 saturated heterocycles. The Morgan fingerprint density at radius 3 is 2.42 bits per heavy atom. The maximum absolute atomic E-state index is 12.9. The summed E-state index contributed by atoms with van der Waals surface area (Å²) in [4.78, 5) is 12.9. The van der Waals surface area contributed by atoms with Crippen molar-refractivity contribution in [3.8, 4) is 11.3 Å². The molecule has 1 amide bonds. The first-order valence-electron chi connectivity index (χ1n) is 10.4. The molecule has 0 saturated carbocycles. The molecule has 0 unspecified atom stereocenters. The molecule has 158 valence electrons. The van der Waals surface area contributed by atoms with E-state index in [1.54, 1.807) is 6.92 Å². The SMILES string of the molecule is Cc1noc(C(C)C)c1C(=O)NCc1cn(Cc2ccccc2)nc1-c1ccccc1. The summed E-state index contributed by atoms with van der Waals surface area (Å²) in [6.07, 6.45) is 2.00. The quantitative estimate of drug-likeness (QED) is 0.464. The van der Waals surface area contributed by atoms with Crippen molar-refractivity contribution >= 4 is 5.91 Å². The van der Waals surface area contributed by atoms with Crippen LogP contribution in [0.2, 0.25) is 0 Å². The molecule has 2 heterocycles. The Balaban J connectivity index is 1.60. The van der Waals surface area contributed by atoms with Gasteiger partial charge in [-0.25, -0.2) is 0 Å². The molecule has 4 rings (SSSR count). The Kier molecular flexibility index (Phi) is 5.98. The molecular weight excluding hydrogens is 388 g/mol. The number of aromatic nitrogens is 3. The largest absolute Gasteiger partial charge is 0.360 e. The highest BCUT2D eigenvalue weighted by Gasteiger charge is 2.23. The lowest BCUT2D eigenvalue weighted by molar-refractivity contribution is 0.0948. The van der Waals surface area contributed by atoms with Gasteiger partial charge in [-0.2, -0.15) is 5.10 Å². The van der Waals surface area contributed by atoms with Gasteiger partial charge in [0.15, 0.2) is 5.76 Å². The fourth-order valence-electron chi connectivity index (χ4n) is 3.60. The van der Waals surface area contributed by atoms with E-state index < -0.39 is 0 Å². The van der Waals surface area contributed by atoms with Gasteiger partial charge in [-0.15, -0.1) is 0 Å². The first-order chi connectivity index (χ1) is 15.0. The summed E-state index contributed by atoms with van der Waals surface area (Å²) in [5, 5.41) is 11.8. The van der Waals surface area contributed by atoms with Crippen molar-refractivity contribution in [1.29, 1.82) is 0 Å². The zero-order valence-electron chi connectivity index (χ0n) is 18.0. The minimum absolute atomic E-state index is 0.0791. The molecule has 0 aliphatic rings. The molecule has 0 radical (unpaired) electrons. The maximum atomic E-state index is 12.9. The van der Waals surface area contributed by atoms with Crippen molar-refractivity contribution in [2.24, 2.45) is 0 Å². The summed E-state index contributed by atoms with van der Waals surface area (Å²) in [6.45, 7) is 6.78. The molecule has 6 heteroatoms. The molecule has 6 nitrogen and oxygen atoms in total. The van der Waals surface area contributed by atoms with Gasteiger partial charge in [0.1, 0.15) is 5.56 Å². The predicted molar refractivity (Wildman–Crippen MR) is 120 cm³/mol. The van der Waals surface area contributed by atoms with Crippen LogP contribution in [0.3, 0.4) is 0 Å². The van der Waals surface area contributed by atoms with Gasteiger partial charge in [-0.3, -0.25) is 9.48 Å². The first kappa shape index (κ1) is 20.6. The van der Waals surface area contributed by atoms with Crippen molar-refractivity contribution in [2.75, 3.05) is 0 Å². The summed E-state index contributed by atoms with van der Waals surface area (Å²) in [6, 6.07) is 20.2. The summed E-state index contributed by atoms with van der Waals surface area (Å²) >= 11 is 0. The molecule has 0 aliphatic heterocycles. The second kappa shape index (κ2) is 9.00. The zero-order chi connectivity index (χ0) is 21.8. The molecule has 0 spiro atoms. The number of carbonyl (C=O) groups is 1. The van der Waals surface area contributed by atoms with Crippen LogP contribution < -0.4 is 5.32 Å². The molecule has 4 aromatic rings. The summed E-state index contributed by atoms with van der Waals surface area (Å²) < 4.78 is 7.29. The number of hydrogen-bond acceptors (Lipinski definition) is 4. The second-order valence-electron chi connectivity index (χ2n) is 7.90. The highest BCUT2D eigenvalue weighted by molar-refractivity contribution is 5.96. The Morgan fingerprint density at radius 2 is 1.74 bits per heavy atom. The maximum Gasteiger partial charge on any atom is 0.257 e. The van der Waals surface area contributed by atoms with Crippen LogP contribution in [-0.4, -0.2) is 20.8 Å². The van der Waals surface area contributed by atoms with Gasteiger partial charge in [-0.05, 0) is 12.5 Å². The molecule has 31 heavy (non-hydrogen) atoms. The topological polar surface area (TPSA) is 73.0 Å². The van der Waals surface area contributed by atoms with Gasteiger partial charge in [-0.1, -0.05) is 79.7 Å². The minimum Gasteiger partial charge on any atom is -0.360 e. The number of benzene rings is 2. The third kappa shape index (κ3) is 4.58. The van der Waals surface area contributed by atoms with Crippen LogP contribution in [-0.2, 0) is 13.1 Å². The van der Waals surface area contributed by atoms with Gasteiger partial charge in [0, 0.05) is 29.8 Å². The van der Waals surface area contributed by atoms with Crippen molar-refractivity contribution in [3.63, 3.8) is 0 Å². The van der Waals surface area contributed by atoms with Gasteiger partial charge in [0.2, 0.25) is 0 Å². The van der Waals surface area contributed by atoms with E-state index in [-0.39, 0.29) is 11.8 Å². The van der Waals surface area contributed by atoms with Crippen molar-refractivity contribution in [3.05, 3.63) is 95.0 Å². The molecule has 0 aliphatic carbocycles. The van der Waals surface area contributed by atoms with Gasteiger partial charge in [0.05, 0.1) is 17.9 Å². The molecular formula is C25H26N4O2.